The standard InChI is InChI=1S/C10H13BO/c1-7(2)10-5-4-9(12-11)6-8(10)3/h4-7H,1-3H3. The van der Waals surface area contributed by atoms with E-state index in [1.165, 1.54) is 11.1 Å². The van der Waals surface area contributed by atoms with Gasteiger partial charge in [0, 0.05) is 0 Å². The molecule has 0 heterocycles. The van der Waals surface area contributed by atoms with Crippen LogP contribution in [0.25, 0.3) is 0 Å². The Labute approximate surface area is 75.2 Å². The van der Waals surface area contributed by atoms with E-state index >= 15 is 0 Å². The van der Waals surface area contributed by atoms with Crippen LogP contribution in [0.1, 0.15) is 30.9 Å². The number of hydrogen-bond acceptors (Lipinski definition) is 1. The monoisotopic (exact) mass is 160 g/mol. The van der Waals surface area contributed by atoms with Crippen molar-refractivity contribution in [3.8, 4) is 5.75 Å². The van der Waals surface area contributed by atoms with Crippen LogP contribution in [0.2, 0.25) is 0 Å². The van der Waals surface area contributed by atoms with E-state index in [-0.39, 0.29) is 0 Å². The van der Waals surface area contributed by atoms with Crippen molar-refractivity contribution in [3.05, 3.63) is 29.3 Å². The van der Waals surface area contributed by atoms with Crippen LogP contribution in [0.5, 0.6) is 5.75 Å². The molecule has 0 aliphatic carbocycles. The van der Waals surface area contributed by atoms with Crippen molar-refractivity contribution in [3.63, 3.8) is 0 Å². The number of hydrogen-bond donors (Lipinski definition) is 0. The SMILES string of the molecule is [B]Oc1ccc(C(C)C)c(C)c1. The second kappa shape index (κ2) is 3.66. The maximum Gasteiger partial charge on any atom is 0.374 e. The molecule has 0 spiro atoms. The first-order valence-corrected chi connectivity index (χ1v) is 4.12. The molecular weight excluding hydrogens is 147 g/mol. The molecule has 2 radical (unpaired) electrons. The van der Waals surface area contributed by atoms with E-state index in [4.69, 9.17) is 8.05 Å². The Hall–Kier alpha value is -0.915. The third kappa shape index (κ3) is 1.82. The summed E-state index contributed by atoms with van der Waals surface area (Å²) in [6.45, 7) is 6.41. The Kier molecular flexibility index (Phi) is 2.80. The van der Waals surface area contributed by atoms with Gasteiger partial charge in [0.15, 0.2) is 0 Å². The van der Waals surface area contributed by atoms with E-state index in [0.717, 1.165) is 5.75 Å². The first kappa shape index (κ1) is 9.18. The number of aryl methyl sites for hydroxylation is 1. The normalized spacial score (nSPS) is 10.3. The van der Waals surface area contributed by atoms with E-state index in [2.05, 4.69) is 31.5 Å². The zero-order valence-corrected chi connectivity index (χ0v) is 7.79. The van der Waals surface area contributed by atoms with Gasteiger partial charge in [0.05, 0.1) is 5.75 Å². The molecule has 1 rings (SSSR count). The van der Waals surface area contributed by atoms with Gasteiger partial charge in [-0.05, 0) is 36.1 Å². The molecule has 2 heteroatoms. The number of rotatable bonds is 2. The van der Waals surface area contributed by atoms with Gasteiger partial charge >= 0.3 is 8.05 Å². The van der Waals surface area contributed by atoms with Gasteiger partial charge in [-0.2, -0.15) is 0 Å². The van der Waals surface area contributed by atoms with Crippen LogP contribution in [0.4, 0.5) is 0 Å². The van der Waals surface area contributed by atoms with Gasteiger partial charge in [0.2, 0.25) is 0 Å². The van der Waals surface area contributed by atoms with Gasteiger partial charge < -0.3 is 4.65 Å². The highest BCUT2D eigenvalue weighted by Crippen LogP contribution is 2.22. The lowest BCUT2D eigenvalue weighted by atomic mass is 9.98. The van der Waals surface area contributed by atoms with Crippen LogP contribution in [-0.2, 0) is 0 Å². The molecular formula is C10H13BO. The minimum Gasteiger partial charge on any atom is -0.568 e. The fraction of sp³-hybridized carbons (Fsp3) is 0.400. The van der Waals surface area contributed by atoms with Gasteiger partial charge in [-0.25, -0.2) is 0 Å². The van der Waals surface area contributed by atoms with Crippen LogP contribution >= 0.6 is 0 Å². The van der Waals surface area contributed by atoms with Crippen molar-refractivity contribution in [2.24, 2.45) is 0 Å². The summed E-state index contributed by atoms with van der Waals surface area (Å²) in [6.07, 6.45) is 0. The van der Waals surface area contributed by atoms with Crippen molar-refractivity contribution < 1.29 is 4.65 Å². The lowest BCUT2D eigenvalue weighted by Crippen LogP contribution is -1.93. The Morgan fingerprint density at radius 1 is 1.33 bits per heavy atom. The first-order chi connectivity index (χ1) is 5.65. The topological polar surface area (TPSA) is 9.23 Å². The van der Waals surface area contributed by atoms with Crippen molar-refractivity contribution in [1.29, 1.82) is 0 Å². The van der Waals surface area contributed by atoms with Crippen LogP contribution in [-0.4, -0.2) is 8.05 Å². The minimum atomic E-state index is 0.553. The predicted molar refractivity (Wildman–Crippen MR) is 51.7 cm³/mol. The molecule has 62 valence electrons. The second-order valence-corrected chi connectivity index (χ2v) is 3.29. The molecule has 0 fully saturated rings. The second-order valence-electron chi connectivity index (χ2n) is 3.29. The molecule has 1 aromatic carbocycles. The molecule has 0 aliphatic rings. The quantitative estimate of drug-likeness (QED) is 0.604. The van der Waals surface area contributed by atoms with E-state index in [9.17, 15) is 0 Å². The van der Waals surface area contributed by atoms with E-state index in [1.54, 1.807) is 0 Å². The highest BCUT2D eigenvalue weighted by molar-refractivity contribution is 5.99. The smallest absolute Gasteiger partial charge is 0.374 e. The van der Waals surface area contributed by atoms with Crippen molar-refractivity contribution in [1.82, 2.24) is 0 Å². The molecule has 0 atom stereocenters. The first-order valence-electron chi connectivity index (χ1n) is 4.12. The zero-order valence-electron chi connectivity index (χ0n) is 7.79. The molecule has 1 aromatic rings. The predicted octanol–water partition coefficient (Wildman–Crippen LogP) is 2.58. The Bertz CT molecular complexity index is 269. The molecule has 0 N–H and O–H groups in total. The fourth-order valence-corrected chi connectivity index (χ4v) is 1.37. The molecule has 0 saturated carbocycles. The summed E-state index contributed by atoms with van der Waals surface area (Å²) < 4.78 is 4.63. The zero-order chi connectivity index (χ0) is 9.14. The van der Waals surface area contributed by atoms with Gasteiger partial charge in [0.25, 0.3) is 0 Å². The Morgan fingerprint density at radius 3 is 2.42 bits per heavy atom. The average molecular weight is 160 g/mol. The maximum absolute atomic E-state index is 5.04. The fourth-order valence-electron chi connectivity index (χ4n) is 1.37. The summed E-state index contributed by atoms with van der Waals surface area (Å²) in [5.41, 5.74) is 2.57. The molecule has 0 bridgehead atoms. The van der Waals surface area contributed by atoms with Crippen LogP contribution in [0.3, 0.4) is 0 Å². The molecule has 0 saturated heterocycles. The van der Waals surface area contributed by atoms with Gasteiger partial charge in [-0.1, -0.05) is 19.9 Å². The van der Waals surface area contributed by atoms with Gasteiger partial charge in [-0.3, -0.25) is 0 Å². The van der Waals surface area contributed by atoms with Crippen molar-refractivity contribution in [2.45, 2.75) is 26.7 Å². The van der Waals surface area contributed by atoms with Gasteiger partial charge in [0.1, 0.15) is 0 Å². The Morgan fingerprint density at radius 2 is 2.00 bits per heavy atom. The Balaban J connectivity index is 3.03. The van der Waals surface area contributed by atoms with E-state index in [1.807, 2.05) is 12.1 Å². The van der Waals surface area contributed by atoms with Crippen molar-refractivity contribution in [2.75, 3.05) is 0 Å². The maximum atomic E-state index is 5.04. The minimum absolute atomic E-state index is 0.553. The summed E-state index contributed by atoms with van der Waals surface area (Å²) in [5, 5.41) is 0. The molecule has 0 aliphatic heterocycles. The van der Waals surface area contributed by atoms with Crippen LogP contribution in [0.15, 0.2) is 18.2 Å². The summed E-state index contributed by atoms with van der Waals surface area (Å²) >= 11 is 0. The lowest BCUT2D eigenvalue weighted by Gasteiger charge is -2.10. The van der Waals surface area contributed by atoms with E-state index in [0.29, 0.717) is 5.92 Å². The highest BCUT2D eigenvalue weighted by atomic mass is 16.4. The third-order valence-electron chi connectivity index (χ3n) is 2.00. The average Bonchev–Trinajstić information content (AvgIpc) is 2.03. The molecule has 0 amide bonds. The van der Waals surface area contributed by atoms with E-state index < -0.39 is 0 Å². The summed E-state index contributed by atoms with van der Waals surface area (Å²) in [7, 11) is 5.04. The summed E-state index contributed by atoms with van der Waals surface area (Å²) in [4.78, 5) is 0. The lowest BCUT2D eigenvalue weighted by molar-refractivity contribution is 0.614. The van der Waals surface area contributed by atoms with Crippen molar-refractivity contribution >= 4 is 8.05 Å². The highest BCUT2D eigenvalue weighted by Gasteiger charge is 2.03. The third-order valence-corrected chi connectivity index (χ3v) is 2.00. The van der Waals surface area contributed by atoms with Crippen LogP contribution in [0, 0.1) is 6.92 Å². The molecule has 12 heavy (non-hydrogen) atoms. The largest absolute Gasteiger partial charge is 0.568 e. The molecule has 0 aromatic heterocycles. The van der Waals surface area contributed by atoms with Gasteiger partial charge in [-0.15, -0.1) is 0 Å². The van der Waals surface area contributed by atoms with Crippen LogP contribution < -0.4 is 4.65 Å². The summed E-state index contributed by atoms with van der Waals surface area (Å²) in [5.74, 6) is 1.27. The molecule has 0 unspecified atom stereocenters. The summed E-state index contributed by atoms with van der Waals surface area (Å²) in [6, 6.07) is 5.90. The number of benzene rings is 1. The molecule has 1 nitrogen and oxygen atoms in total.